The molecule has 0 unspecified atom stereocenters. The van der Waals surface area contributed by atoms with Crippen LogP contribution < -0.4 is 28.6 Å². The summed E-state index contributed by atoms with van der Waals surface area (Å²) in [5, 5.41) is 2.81. The van der Waals surface area contributed by atoms with Crippen molar-refractivity contribution in [3.05, 3.63) is 36.4 Å². The molecule has 0 aromatic heterocycles. The second kappa shape index (κ2) is 14.1. The van der Waals surface area contributed by atoms with Crippen molar-refractivity contribution < 1.29 is 36.9 Å². The topological polar surface area (TPSA) is 113 Å². The first kappa shape index (κ1) is 29.4. The smallest absolute Gasteiger partial charge is 0.265 e. The van der Waals surface area contributed by atoms with Crippen molar-refractivity contribution >= 4 is 21.6 Å². The van der Waals surface area contributed by atoms with Gasteiger partial charge in [0.15, 0.2) is 11.5 Å². The normalized spacial score (nSPS) is 14.0. The standard InChI is InChI=1S/C27H38N2O8S/c1-33-21-11-13-24(34-2)23(17-21)29(38(31,32)22-12-14-25(35-3)26(18-22)36-4)19-27(30)28-15-8-16-37-20-9-6-5-7-10-20/h11-14,17-18,20H,5-10,15-16,19H2,1-4H3,(H,28,30). The molecule has 11 heteroatoms. The van der Waals surface area contributed by atoms with Crippen LogP contribution in [0.3, 0.4) is 0 Å². The van der Waals surface area contributed by atoms with Gasteiger partial charge in [-0.15, -0.1) is 0 Å². The number of carbonyl (C=O) groups is 1. The molecule has 2 aromatic rings. The van der Waals surface area contributed by atoms with Gasteiger partial charge in [0.1, 0.15) is 18.0 Å². The molecule has 38 heavy (non-hydrogen) atoms. The van der Waals surface area contributed by atoms with Gasteiger partial charge < -0.3 is 29.0 Å². The van der Waals surface area contributed by atoms with Gasteiger partial charge in [0, 0.05) is 25.3 Å². The van der Waals surface area contributed by atoms with Gasteiger partial charge in [-0.25, -0.2) is 8.42 Å². The maximum absolute atomic E-state index is 13.9. The van der Waals surface area contributed by atoms with E-state index in [0.717, 1.165) is 17.1 Å². The molecule has 1 aliphatic rings. The molecule has 10 nitrogen and oxygen atoms in total. The molecule has 1 fully saturated rings. The number of hydrogen-bond acceptors (Lipinski definition) is 8. The average Bonchev–Trinajstić information content (AvgIpc) is 2.95. The molecular formula is C27H38N2O8S. The number of sulfonamides is 1. The highest BCUT2D eigenvalue weighted by atomic mass is 32.2. The molecule has 0 aliphatic heterocycles. The van der Waals surface area contributed by atoms with Gasteiger partial charge in [-0.3, -0.25) is 9.10 Å². The molecule has 0 bridgehead atoms. The Labute approximate surface area is 225 Å². The van der Waals surface area contributed by atoms with Crippen LogP contribution in [0, 0.1) is 0 Å². The minimum absolute atomic E-state index is 0.0753. The summed E-state index contributed by atoms with van der Waals surface area (Å²) in [6.07, 6.45) is 6.74. The SMILES string of the molecule is COc1ccc(OC)c(N(CC(=O)NCCCOC2CCCCC2)S(=O)(=O)c2ccc(OC)c(OC)c2)c1. The summed E-state index contributed by atoms with van der Waals surface area (Å²) >= 11 is 0. The monoisotopic (exact) mass is 550 g/mol. The van der Waals surface area contributed by atoms with E-state index in [0.29, 0.717) is 37.2 Å². The van der Waals surface area contributed by atoms with Gasteiger partial charge in [0.05, 0.1) is 45.1 Å². The van der Waals surface area contributed by atoms with Crippen molar-refractivity contribution in [2.75, 3.05) is 52.4 Å². The summed E-state index contributed by atoms with van der Waals surface area (Å²) in [4.78, 5) is 12.9. The number of hydrogen-bond donors (Lipinski definition) is 1. The van der Waals surface area contributed by atoms with E-state index in [1.807, 2.05) is 0 Å². The van der Waals surface area contributed by atoms with Gasteiger partial charge in [-0.2, -0.15) is 0 Å². The van der Waals surface area contributed by atoms with Crippen molar-refractivity contribution in [2.45, 2.75) is 49.5 Å². The highest BCUT2D eigenvalue weighted by Gasteiger charge is 2.31. The van der Waals surface area contributed by atoms with Crippen LogP contribution >= 0.6 is 0 Å². The van der Waals surface area contributed by atoms with Gasteiger partial charge in [-0.1, -0.05) is 19.3 Å². The first-order valence-electron chi connectivity index (χ1n) is 12.7. The number of nitrogens with zero attached hydrogens (tertiary/aromatic N) is 1. The molecule has 1 N–H and O–H groups in total. The highest BCUT2D eigenvalue weighted by molar-refractivity contribution is 7.92. The Morgan fingerprint density at radius 1 is 0.895 bits per heavy atom. The molecule has 0 heterocycles. The molecule has 1 saturated carbocycles. The summed E-state index contributed by atoms with van der Waals surface area (Å²) in [5.41, 5.74) is 0.164. The van der Waals surface area contributed by atoms with Crippen LogP contribution in [-0.4, -0.2) is 68.6 Å². The molecule has 1 aliphatic carbocycles. The van der Waals surface area contributed by atoms with Crippen molar-refractivity contribution in [2.24, 2.45) is 0 Å². The molecule has 0 atom stereocenters. The maximum Gasteiger partial charge on any atom is 0.265 e. The quantitative estimate of drug-likeness (QED) is 0.354. The van der Waals surface area contributed by atoms with Crippen LogP contribution in [0.2, 0.25) is 0 Å². The Morgan fingerprint density at radius 2 is 1.58 bits per heavy atom. The number of anilines is 1. The summed E-state index contributed by atoms with van der Waals surface area (Å²) in [6.45, 7) is 0.442. The largest absolute Gasteiger partial charge is 0.497 e. The van der Waals surface area contributed by atoms with Gasteiger partial charge in [0.2, 0.25) is 5.91 Å². The minimum Gasteiger partial charge on any atom is -0.497 e. The lowest BCUT2D eigenvalue weighted by Gasteiger charge is -2.26. The molecule has 1 amide bonds. The summed E-state index contributed by atoms with van der Waals surface area (Å²) in [5.74, 6) is 0.840. The Kier molecular flexibility index (Phi) is 10.9. The van der Waals surface area contributed by atoms with Crippen LogP contribution in [-0.2, 0) is 19.6 Å². The number of methoxy groups -OCH3 is 4. The van der Waals surface area contributed by atoms with Crippen LogP contribution in [0.5, 0.6) is 23.0 Å². The molecule has 3 rings (SSSR count). The van der Waals surface area contributed by atoms with Crippen molar-refractivity contribution in [1.29, 1.82) is 0 Å². The Morgan fingerprint density at radius 3 is 2.24 bits per heavy atom. The van der Waals surface area contributed by atoms with Crippen LogP contribution in [0.4, 0.5) is 5.69 Å². The fourth-order valence-corrected chi connectivity index (χ4v) is 5.80. The van der Waals surface area contributed by atoms with E-state index in [9.17, 15) is 13.2 Å². The van der Waals surface area contributed by atoms with Crippen LogP contribution in [0.15, 0.2) is 41.3 Å². The third kappa shape index (κ3) is 7.44. The van der Waals surface area contributed by atoms with Crippen LogP contribution in [0.1, 0.15) is 38.5 Å². The fraction of sp³-hybridized carbons (Fsp3) is 0.519. The number of ether oxygens (including phenoxy) is 5. The van der Waals surface area contributed by atoms with E-state index in [1.54, 1.807) is 12.1 Å². The number of nitrogens with one attached hydrogen (secondary N) is 1. The molecule has 0 saturated heterocycles. The summed E-state index contributed by atoms with van der Waals surface area (Å²) < 4.78 is 56.0. The minimum atomic E-state index is -4.24. The predicted molar refractivity (Wildman–Crippen MR) is 144 cm³/mol. The van der Waals surface area contributed by atoms with E-state index < -0.39 is 22.5 Å². The van der Waals surface area contributed by atoms with Crippen molar-refractivity contribution in [1.82, 2.24) is 5.32 Å². The first-order valence-corrected chi connectivity index (χ1v) is 14.1. The van der Waals surface area contributed by atoms with E-state index in [-0.39, 0.29) is 22.1 Å². The van der Waals surface area contributed by atoms with E-state index in [4.69, 9.17) is 23.7 Å². The Balaban J connectivity index is 1.81. The first-order chi connectivity index (χ1) is 18.3. The maximum atomic E-state index is 13.9. The van der Waals surface area contributed by atoms with Gasteiger partial charge >= 0.3 is 0 Å². The predicted octanol–water partition coefficient (Wildman–Crippen LogP) is 3.77. The van der Waals surface area contributed by atoms with Gasteiger partial charge in [0.25, 0.3) is 10.0 Å². The molecule has 0 radical (unpaired) electrons. The molecule has 2 aromatic carbocycles. The van der Waals surface area contributed by atoms with E-state index in [1.165, 1.54) is 72.0 Å². The fourth-order valence-electron chi connectivity index (χ4n) is 4.36. The summed E-state index contributed by atoms with van der Waals surface area (Å²) in [7, 11) is 1.55. The lowest BCUT2D eigenvalue weighted by atomic mass is 9.98. The number of benzene rings is 2. The zero-order valence-electron chi connectivity index (χ0n) is 22.5. The van der Waals surface area contributed by atoms with Crippen LogP contribution in [0.25, 0.3) is 0 Å². The molecular weight excluding hydrogens is 512 g/mol. The summed E-state index contributed by atoms with van der Waals surface area (Å²) in [6, 6.07) is 9.01. The second-order valence-corrected chi connectivity index (χ2v) is 10.8. The third-order valence-electron chi connectivity index (χ3n) is 6.43. The van der Waals surface area contributed by atoms with E-state index >= 15 is 0 Å². The third-order valence-corrected chi connectivity index (χ3v) is 8.19. The molecule has 210 valence electrons. The second-order valence-electron chi connectivity index (χ2n) is 8.90. The zero-order valence-corrected chi connectivity index (χ0v) is 23.3. The van der Waals surface area contributed by atoms with Gasteiger partial charge in [-0.05, 0) is 43.5 Å². The Bertz CT molecular complexity index is 1170. The van der Waals surface area contributed by atoms with Crippen molar-refractivity contribution in [3.63, 3.8) is 0 Å². The number of amides is 1. The van der Waals surface area contributed by atoms with E-state index in [2.05, 4.69) is 5.32 Å². The highest BCUT2D eigenvalue weighted by Crippen LogP contribution is 2.37. The number of rotatable bonds is 14. The number of carbonyl (C=O) groups excluding carboxylic acids is 1. The zero-order chi connectivity index (χ0) is 27.5. The Hall–Kier alpha value is -3.18. The average molecular weight is 551 g/mol. The lowest BCUT2D eigenvalue weighted by molar-refractivity contribution is -0.119. The van der Waals surface area contributed by atoms with Crippen molar-refractivity contribution in [3.8, 4) is 23.0 Å². The lowest BCUT2D eigenvalue weighted by Crippen LogP contribution is -2.41. The molecule has 0 spiro atoms.